The molecule has 0 saturated carbocycles. The highest BCUT2D eigenvalue weighted by molar-refractivity contribution is 5.65. The van der Waals surface area contributed by atoms with Crippen LogP contribution in [0.1, 0.15) is 13.8 Å². The van der Waals surface area contributed by atoms with Crippen molar-refractivity contribution < 1.29 is 19.0 Å². The third-order valence-electron chi connectivity index (χ3n) is 1.04. The molecule has 1 atom stereocenters. The van der Waals surface area contributed by atoms with Crippen LogP contribution in [-0.2, 0) is 19.0 Å². The summed E-state index contributed by atoms with van der Waals surface area (Å²) in [6, 6.07) is 0. The molecule has 71 valence electrons. The molecular weight excluding hydrogens is 160 g/mol. The van der Waals surface area contributed by atoms with Crippen molar-refractivity contribution in [1.82, 2.24) is 0 Å². The van der Waals surface area contributed by atoms with Crippen molar-refractivity contribution in [2.45, 2.75) is 20.1 Å². The van der Waals surface area contributed by atoms with E-state index in [9.17, 15) is 4.79 Å². The Balaban J connectivity index is 3.13. The van der Waals surface area contributed by atoms with Crippen molar-refractivity contribution in [1.29, 1.82) is 0 Å². The number of hydrogen-bond donors (Lipinski definition) is 0. The van der Waals surface area contributed by atoms with Gasteiger partial charge in [0.25, 0.3) is 0 Å². The summed E-state index contributed by atoms with van der Waals surface area (Å²) >= 11 is 0. The Morgan fingerprint density at radius 2 is 2.08 bits per heavy atom. The lowest BCUT2D eigenvalue weighted by Gasteiger charge is -2.11. The molecule has 0 saturated heterocycles. The van der Waals surface area contributed by atoms with E-state index in [1.165, 1.54) is 6.92 Å². The molecule has 0 heterocycles. The van der Waals surface area contributed by atoms with Gasteiger partial charge in [-0.3, -0.25) is 4.79 Å². The lowest BCUT2D eigenvalue weighted by atomic mass is 10.7. The molecule has 12 heavy (non-hydrogen) atoms. The maximum Gasteiger partial charge on any atom is 0.302 e. The maximum atomic E-state index is 10.3. The van der Waals surface area contributed by atoms with Crippen LogP contribution in [0.25, 0.3) is 0 Å². The first kappa shape index (κ1) is 11.4. The average molecular weight is 175 g/mol. The van der Waals surface area contributed by atoms with E-state index >= 15 is 0 Å². The molecule has 0 bridgehead atoms. The van der Waals surface area contributed by atoms with Crippen LogP contribution in [0.15, 0.2) is 0 Å². The summed E-state index contributed by atoms with van der Waals surface area (Å²) in [5.41, 5.74) is 0. The Hall–Kier alpha value is -0.610. The second kappa shape index (κ2) is 7.06. The number of ether oxygens (including phenoxy) is 3. The quantitative estimate of drug-likeness (QED) is 0.339. The lowest BCUT2D eigenvalue weighted by Crippen LogP contribution is -2.17. The standard InChI is InChI=1S/C8H15O4/c1-4-10-8(3)12-6-5-11-7(2)9/h8H,3-6H2,1-2H3. The molecule has 0 aromatic carbocycles. The monoisotopic (exact) mass is 175 g/mol. The smallest absolute Gasteiger partial charge is 0.302 e. The van der Waals surface area contributed by atoms with Gasteiger partial charge in [-0.2, -0.15) is 0 Å². The van der Waals surface area contributed by atoms with E-state index in [-0.39, 0.29) is 12.6 Å². The van der Waals surface area contributed by atoms with Gasteiger partial charge in [-0.15, -0.1) is 0 Å². The topological polar surface area (TPSA) is 44.8 Å². The second-order valence-electron chi connectivity index (χ2n) is 2.10. The van der Waals surface area contributed by atoms with Crippen LogP contribution in [0, 0.1) is 6.92 Å². The number of hydrogen-bond acceptors (Lipinski definition) is 4. The first-order valence-electron chi connectivity index (χ1n) is 3.86. The van der Waals surface area contributed by atoms with Crippen LogP contribution >= 0.6 is 0 Å². The number of carbonyl (C=O) groups is 1. The molecule has 0 amide bonds. The van der Waals surface area contributed by atoms with Gasteiger partial charge in [0.2, 0.25) is 0 Å². The van der Waals surface area contributed by atoms with Crippen molar-refractivity contribution in [2.24, 2.45) is 0 Å². The molecule has 0 aromatic rings. The zero-order chi connectivity index (χ0) is 9.40. The van der Waals surface area contributed by atoms with Crippen LogP contribution in [0.2, 0.25) is 0 Å². The molecule has 0 rings (SSSR count). The predicted molar refractivity (Wildman–Crippen MR) is 43.4 cm³/mol. The first-order valence-corrected chi connectivity index (χ1v) is 3.86. The minimum atomic E-state index is -0.481. The SMILES string of the molecule is [CH2]C(OCC)OCCOC(C)=O. The van der Waals surface area contributed by atoms with Gasteiger partial charge >= 0.3 is 5.97 Å². The van der Waals surface area contributed by atoms with Gasteiger partial charge in [0.1, 0.15) is 6.61 Å². The Bertz CT molecular complexity index is 124. The normalized spacial score (nSPS) is 12.6. The van der Waals surface area contributed by atoms with E-state index in [0.717, 1.165) is 0 Å². The molecule has 0 aliphatic carbocycles. The molecule has 4 nitrogen and oxygen atoms in total. The van der Waals surface area contributed by atoms with Gasteiger partial charge < -0.3 is 14.2 Å². The van der Waals surface area contributed by atoms with Gasteiger partial charge in [0.05, 0.1) is 6.61 Å². The number of carbonyl (C=O) groups excluding carboxylic acids is 1. The summed E-state index contributed by atoms with van der Waals surface area (Å²) in [5, 5.41) is 0. The average Bonchev–Trinajstić information content (AvgIpc) is 1.98. The van der Waals surface area contributed by atoms with E-state index in [2.05, 4.69) is 11.7 Å². The minimum absolute atomic E-state index is 0.244. The lowest BCUT2D eigenvalue weighted by molar-refractivity contribution is -0.149. The summed E-state index contributed by atoms with van der Waals surface area (Å²) < 4.78 is 14.6. The van der Waals surface area contributed by atoms with E-state index in [1.54, 1.807) is 0 Å². The van der Waals surface area contributed by atoms with Crippen LogP contribution < -0.4 is 0 Å². The van der Waals surface area contributed by atoms with Crippen LogP contribution in [-0.4, -0.2) is 32.1 Å². The molecule has 4 heteroatoms. The highest BCUT2D eigenvalue weighted by atomic mass is 16.7. The largest absolute Gasteiger partial charge is 0.463 e. The minimum Gasteiger partial charge on any atom is -0.463 e. The molecule has 0 N–H and O–H groups in total. The Morgan fingerprint density at radius 1 is 1.42 bits per heavy atom. The highest BCUT2D eigenvalue weighted by Crippen LogP contribution is 1.91. The highest BCUT2D eigenvalue weighted by Gasteiger charge is 2.00. The number of esters is 1. The second-order valence-corrected chi connectivity index (χ2v) is 2.10. The van der Waals surface area contributed by atoms with Crippen molar-refractivity contribution in [2.75, 3.05) is 19.8 Å². The summed E-state index contributed by atoms with van der Waals surface area (Å²) in [6.45, 7) is 7.88. The van der Waals surface area contributed by atoms with Gasteiger partial charge in [0.15, 0.2) is 6.29 Å². The van der Waals surface area contributed by atoms with E-state index in [1.807, 2.05) is 6.92 Å². The Kier molecular flexibility index (Phi) is 6.70. The van der Waals surface area contributed by atoms with Gasteiger partial charge in [-0.25, -0.2) is 0 Å². The number of rotatable bonds is 6. The molecule has 1 unspecified atom stereocenters. The zero-order valence-corrected chi connectivity index (χ0v) is 7.54. The molecule has 1 radical (unpaired) electrons. The molecule has 0 spiro atoms. The van der Waals surface area contributed by atoms with Gasteiger partial charge in [-0.05, 0) is 6.92 Å². The molecular formula is C8H15O4. The van der Waals surface area contributed by atoms with Crippen LogP contribution in [0.4, 0.5) is 0 Å². The van der Waals surface area contributed by atoms with Gasteiger partial charge in [0, 0.05) is 20.5 Å². The third kappa shape index (κ3) is 7.50. The zero-order valence-electron chi connectivity index (χ0n) is 7.54. The molecule has 0 fully saturated rings. The van der Waals surface area contributed by atoms with Crippen molar-refractivity contribution in [3.05, 3.63) is 6.92 Å². The van der Waals surface area contributed by atoms with Crippen molar-refractivity contribution in [3.63, 3.8) is 0 Å². The van der Waals surface area contributed by atoms with E-state index in [0.29, 0.717) is 13.2 Å². The van der Waals surface area contributed by atoms with Crippen LogP contribution in [0.5, 0.6) is 0 Å². The van der Waals surface area contributed by atoms with Crippen LogP contribution in [0.3, 0.4) is 0 Å². The summed E-state index contributed by atoms with van der Waals surface area (Å²) in [5.74, 6) is -0.310. The molecule has 0 aliphatic rings. The van der Waals surface area contributed by atoms with Crippen molar-refractivity contribution >= 4 is 5.97 Å². The molecule has 0 aliphatic heterocycles. The van der Waals surface area contributed by atoms with Gasteiger partial charge in [-0.1, -0.05) is 0 Å². The molecule has 0 aromatic heterocycles. The fraction of sp³-hybridized carbons (Fsp3) is 0.750. The Labute approximate surface area is 72.8 Å². The fourth-order valence-electron chi connectivity index (χ4n) is 0.599. The fourth-order valence-corrected chi connectivity index (χ4v) is 0.599. The first-order chi connectivity index (χ1) is 5.66. The summed E-state index contributed by atoms with van der Waals surface area (Å²) in [4.78, 5) is 10.3. The summed E-state index contributed by atoms with van der Waals surface area (Å²) in [6.07, 6.45) is -0.481. The predicted octanol–water partition coefficient (Wildman–Crippen LogP) is 0.763. The third-order valence-corrected chi connectivity index (χ3v) is 1.04. The Morgan fingerprint density at radius 3 is 2.58 bits per heavy atom. The van der Waals surface area contributed by atoms with E-state index < -0.39 is 6.29 Å². The maximum absolute atomic E-state index is 10.3. The van der Waals surface area contributed by atoms with Crippen molar-refractivity contribution in [3.8, 4) is 0 Å². The summed E-state index contributed by atoms with van der Waals surface area (Å²) in [7, 11) is 0. The van der Waals surface area contributed by atoms with E-state index in [4.69, 9.17) is 9.47 Å².